The topological polar surface area (TPSA) is 80.3 Å². The maximum atomic E-state index is 12.1. The lowest BCUT2D eigenvalue weighted by atomic mass is 10.9. The van der Waals surface area contributed by atoms with Crippen molar-refractivity contribution in [3.63, 3.8) is 0 Å². The van der Waals surface area contributed by atoms with Gasteiger partial charge in [0, 0.05) is 6.92 Å². The first kappa shape index (κ1) is 14.5. The molecule has 0 spiro atoms. The molecule has 0 aliphatic heterocycles. The van der Waals surface area contributed by atoms with Crippen LogP contribution in [0.15, 0.2) is 0 Å². The second kappa shape index (κ2) is 3.52. The van der Waals surface area contributed by atoms with Crippen LogP contribution in [0.2, 0.25) is 0 Å². The number of nitrogens with one attached hydrogen (secondary N) is 1. The summed E-state index contributed by atoms with van der Waals surface area (Å²) in [5, 5.41) is -4.65. The van der Waals surface area contributed by atoms with Gasteiger partial charge in [-0.05, 0) is 0 Å². The predicted octanol–water partition coefficient (Wildman–Crippen LogP) is 0.368. The van der Waals surface area contributed by atoms with E-state index in [1.165, 1.54) is 0 Å². The van der Waals surface area contributed by atoms with Crippen LogP contribution in [0.3, 0.4) is 0 Å². The molecule has 12 heteroatoms. The van der Waals surface area contributed by atoms with Gasteiger partial charge in [0.05, 0.1) is 0 Å². The molecule has 0 amide bonds. The van der Waals surface area contributed by atoms with Gasteiger partial charge in [0.1, 0.15) is 0 Å². The molecular weight excluding hydrogens is 273 g/mol. The molecule has 0 aromatic heterocycles. The van der Waals surface area contributed by atoms with Gasteiger partial charge in [-0.25, -0.2) is 16.8 Å². The summed E-state index contributed by atoms with van der Waals surface area (Å²) in [5.41, 5.74) is -5.98. The lowest BCUT2D eigenvalue weighted by Gasteiger charge is -2.13. The lowest BCUT2D eigenvalue weighted by molar-refractivity contribution is -0.0442. The van der Waals surface area contributed by atoms with Gasteiger partial charge >= 0.3 is 20.8 Å². The molecule has 0 saturated heterocycles. The Morgan fingerprint density at radius 2 is 1.20 bits per heavy atom. The SMILES string of the molecule is CC(F)(F)S(=O)(=O)NS(=O)(=O)C(F)(F)F. The van der Waals surface area contributed by atoms with Gasteiger partial charge in [0.15, 0.2) is 0 Å². The van der Waals surface area contributed by atoms with E-state index in [1.807, 2.05) is 0 Å². The Morgan fingerprint density at radius 1 is 0.867 bits per heavy atom. The molecule has 0 radical (unpaired) electrons. The minimum Gasteiger partial charge on any atom is -0.205 e. The van der Waals surface area contributed by atoms with Gasteiger partial charge in [0.25, 0.3) is 10.0 Å². The molecule has 0 saturated carbocycles. The van der Waals surface area contributed by atoms with Gasteiger partial charge in [-0.2, -0.15) is 22.0 Å². The number of halogens is 5. The number of hydrogen-bond acceptors (Lipinski definition) is 4. The minimum atomic E-state index is -6.36. The van der Waals surface area contributed by atoms with Crippen molar-refractivity contribution in [3.8, 4) is 0 Å². The van der Waals surface area contributed by atoms with Crippen molar-refractivity contribution in [3.05, 3.63) is 0 Å². The van der Waals surface area contributed by atoms with Crippen LogP contribution >= 0.6 is 0 Å². The van der Waals surface area contributed by atoms with Crippen LogP contribution in [-0.2, 0) is 20.0 Å². The standard InChI is InChI=1S/C3H4F5NO4S2/c1-2(4,5)14(10,11)9-15(12,13)3(6,7)8/h9H,1H3. The zero-order chi connectivity index (χ0) is 12.7. The van der Waals surface area contributed by atoms with E-state index in [4.69, 9.17) is 0 Å². The fraction of sp³-hybridized carbons (Fsp3) is 1.00. The van der Waals surface area contributed by atoms with Crippen LogP contribution in [0.25, 0.3) is 0 Å². The maximum Gasteiger partial charge on any atom is 0.512 e. The van der Waals surface area contributed by atoms with Gasteiger partial charge in [-0.15, -0.1) is 0 Å². The second-order valence-corrected chi connectivity index (χ2v) is 6.20. The molecule has 0 heterocycles. The van der Waals surface area contributed by atoms with Crippen LogP contribution in [-0.4, -0.2) is 27.6 Å². The van der Waals surface area contributed by atoms with Gasteiger partial charge in [-0.3, -0.25) is 0 Å². The van der Waals surface area contributed by atoms with Crippen LogP contribution in [0.1, 0.15) is 6.92 Å². The predicted molar refractivity (Wildman–Crippen MR) is 37.7 cm³/mol. The van der Waals surface area contributed by atoms with Gasteiger partial charge in [-0.1, -0.05) is 4.13 Å². The first-order chi connectivity index (χ1) is 6.21. The number of sulfonamides is 2. The molecule has 0 aromatic rings. The van der Waals surface area contributed by atoms with E-state index in [-0.39, 0.29) is 11.1 Å². The quantitative estimate of drug-likeness (QED) is 0.756. The van der Waals surface area contributed by atoms with Crippen LogP contribution in [0.5, 0.6) is 0 Å². The average Bonchev–Trinajstić information content (AvgIpc) is 1.77. The fourth-order valence-corrected chi connectivity index (χ4v) is 2.38. The van der Waals surface area contributed by atoms with E-state index in [2.05, 4.69) is 0 Å². The summed E-state index contributed by atoms with van der Waals surface area (Å²) >= 11 is 0. The number of rotatable bonds is 3. The first-order valence-electron chi connectivity index (χ1n) is 2.93. The summed E-state index contributed by atoms with van der Waals surface area (Å²) in [5.74, 6) is 0. The van der Waals surface area contributed by atoms with Crippen molar-refractivity contribution in [1.82, 2.24) is 4.13 Å². The Kier molecular flexibility index (Phi) is 3.40. The molecule has 0 atom stereocenters. The summed E-state index contributed by atoms with van der Waals surface area (Å²) in [6.07, 6.45) is 0. The van der Waals surface area contributed by atoms with E-state index in [1.54, 1.807) is 0 Å². The number of alkyl halides is 5. The Hall–Kier alpha value is -0.490. The highest BCUT2D eigenvalue weighted by Crippen LogP contribution is 2.26. The summed E-state index contributed by atoms with van der Waals surface area (Å²) in [6, 6.07) is 0. The third kappa shape index (κ3) is 3.24. The highest BCUT2D eigenvalue weighted by Gasteiger charge is 2.52. The molecule has 0 aliphatic carbocycles. The van der Waals surface area contributed by atoms with E-state index < -0.39 is 30.8 Å². The summed E-state index contributed by atoms with van der Waals surface area (Å²) in [4.78, 5) is 0. The molecule has 0 unspecified atom stereocenters. The molecule has 15 heavy (non-hydrogen) atoms. The van der Waals surface area contributed by atoms with Crippen molar-refractivity contribution in [2.75, 3.05) is 0 Å². The summed E-state index contributed by atoms with van der Waals surface area (Å²) in [6.45, 7) is -0.263. The van der Waals surface area contributed by atoms with Crippen molar-refractivity contribution in [2.45, 2.75) is 17.7 Å². The van der Waals surface area contributed by atoms with Crippen molar-refractivity contribution < 1.29 is 38.8 Å². The van der Waals surface area contributed by atoms with E-state index >= 15 is 0 Å². The molecule has 0 rings (SSSR count). The Labute approximate surface area is 81.4 Å². The molecule has 0 aliphatic rings. The Bertz CT molecular complexity index is 386. The highest BCUT2D eigenvalue weighted by molar-refractivity contribution is 8.05. The van der Waals surface area contributed by atoms with E-state index in [0.717, 1.165) is 0 Å². The third-order valence-corrected chi connectivity index (χ3v) is 4.30. The smallest absolute Gasteiger partial charge is 0.205 e. The Morgan fingerprint density at radius 3 is 1.40 bits per heavy atom. The number of hydrogen-bond donors (Lipinski definition) is 1. The van der Waals surface area contributed by atoms with E-state index in [9.17, 15) is 38.8 Å². The minimum absolute atomic E-state index is 0.118. The summed E-state index contributed by atoms with van der Waals surface area (Å²) in [7, 11) is -12.3. The van der Waals surface area contributed by atoms with E-state index in [0.29, 0.717) is 0 Å². The highest BCUT2D eigenvalue weighted by atomic mass is 32.3. The largest absolute Gasteiger partial charge is 0.512 e. The zero-order valence-corrected chi connectivity index (χ0v) is 8.47. The Balaban J connectivity index is 5.28. The van der Waals surface area contributed by atoms with Crippen molar-refractivity contribution in [1.29, 1.82) is 0 Å². The monoisotopic (exact) mass is 277 g/mol. The summed E-state index contributed by atoms with van der Waals surface area (Å²) < 4.78 is 100. The van der Waals surface area contributed by atoms with Crippen LogP contribution < -0.4 is 4.13 Å². The second-order valence-electron chi connectivity index (χ2n) is 2.34. The molecule has 1 N–H and O–H groups in total. The van der Waals surface area contributed by atoms with Crippen molar-refractivity contribution in [2.24, 2.45) is 0 Å². The molecule has 92 valence electrons. The van der Waals surface area contributed by atoms with Gasteiger partial charge < -0.3 is 0 Å². The van der Waals surface area contributed by atoms with Crippen LogP contribution in [0, 0.1) is 0 Å². The third-order valence-electron chi connectivity index (χ3n) is 0.996. The fourth-order valence-electron chi connectivity index (χ4n) is 0.265. The zero-order valence-electron chi connectivity index (χ0n) is 6.84. The molecular formula is C3H4F5NO4S2. The van der Waals surface area contributed by atoms with Crippen LogP contribution in [0.4, 0.5) is 22.0 Å². The molecule has 0 bridgehead atoms. The first-order valence-corrected chi connectivity index (χ1v) is 5.89. The maximum absolute atomic E-state index is 12.1. The lowest BCUT2D eigenvalue weighted by Crippen LogP contribution is -2.46. The normalized spacial score (nSPS) is 15.3. The van der Waals surface area contributed by atoms with Crippen molar-refractivity contribution >= 4 is 20.0 Å². The molecule has 5 nitrogen and oxygen atoms in total. The van der Waals surface area contributed by atoms with Gasteiger partial charge in [0.2, 0.25) is 0 Å². The average molecular weight is 277 g/mol. The molecule has 0 fully saturated rings. The molecule has 0 aromatic carbocycles.